The van der Waals surface area contributed by atoms with Gasteiger partial charge in [-0.2, -0.15) is 5.10 Å². The molecule has 1 atom stereocenters. The first kappa shape index (κ1) is 18.6. The summed E-state index contributed by atoms with van der Waals surface area (Å²) in [7, 11) is 0. The Bertz CT molecular complexity index is 706. The molecule has 1 N–H and O–H groups in total. The van der Waals surface area contributed by atoms with Gasteiger partial charge < -0.3 is 9.88 Å². The van der Waals surface area contributed by atoms with Gasteiger partial charge in [0.05, 0.1) is 24.3 Å². The third-order valence-corrected chi connectivity index (χ3v) is 4.75. The zero-order valence-electron chi connectivity index (χ0n) is 16.1. The summed E-state index contributed by atoms with van der Waals surface area (Å²) in [5.41, 5.74) is 2.19. The van der Waals surface area contributed by atoms with E-state index in [1.807, 2.05) is 17.7 Å². The van der Waals surface area contributed by atoms with Gasteiger partial charge in [-0.15, -0.1) is 0 Å². The summed E-state index contributed by atoms with van der Waals surface area (Å²) in [4.78, 5) is 18.7. The summed E-state index contributed by atoms with van der Waals surface area (Å²) in [5, 5.41) is 7.68. The van der Waals surface area contributed by atoms with Gasteiger partial charge in [-0.1, -0.05) is 13.8 Å². The molecule has 2 aromatic rings. The van der Waals surface area contributed by atoms with Crippen LogP contribution >= 0.6 is 0 Å². The van der Waals surface area contributed by atoms with Crippen LogP contribution in [0.15, 0.2) is 24.8 Å². The molecule has 0 bridgehead atoms. The highest BCUT2D eigenvalue weighted by molar-refractivity contribution is 5.76. The number of nitrogens with zero attached hydrogens (tertiary/aromatic N) is 5. The van der Waals surface area contributed by atoms with Gasteiger partial charge in [0.1, 0.15) is 0 Å². The molecule has 1 amide bonds. The van der Waals surface area contributed by atoms with E-state index in [1.165, 1.54) is 5.69 Å². The highest BCUT2D eigenvalue weighted by atomic mass is 16.1. The summed E-state index contributed by atoms with van der Waals surface area (Å²) in [6.45, 7) is 11.2. The minimum Gasteiger partial charge on any atom is -0.350 e. The maximum Gasteiger partial charge on any atom is 0.222 e. The van der Waals surface area contributed by atoms with Crippen molar-refractivity contribution in [2.45, 2.75) is 59.3 Å². The smallest absolute Gasteiger partial charge is 0.222 e. The van der Waals surface area contributed by atoms with Crippen molar-refractivity contribution in [2.75, 3.05) is 13.1 Å². The van der Waals surface area contributed by atoms with Crippen molar-refractivity contribution in [1.82, 2.24) is 29.5 Å². The second kappa shape index (κ2) is 8.49. The maximum atomic E-state index is 12.2. The lowest BCUT2D eigenvalue weighted by atomic mass is 10.2. The predicted octanol–water partition coefficient (Wildman–Crippen LogP) is 2.21. The van der Waals surface area contributed by atoms with Crippen LogP contribution in [0.4, 0.5) is 0 Å². The van der Waals surface area contributed by atoms with E-state index >= 15 is 0 Å². The predicted molar refractivity (Wildman–Crippen MR) is 100 cm³/mol. The van der Waals surface area contributed by atoms with Crippen LogP contribution in [0.2, 0.25) is 0 Å². The van der Waals surface area contributed by atoms with E-state index in [-0.39, 0.29) is 11.9 Å². The minimum atomic E-state index is 0.0378. The molecule has 142 valence electrons. The summed E-state index contributed by atoms with van der Waals surface area (Å²) in [6.07, 6.45) is 6.91. The van der Waals surface area contributed by atoms with Crippen molar-refractivity contribution in [3.05, 3.63) is 36.2 Å². The van der Waals surface area contributed by atoms with Crippen molar-refractivity contribution >= 4 is 5.91 Å². The van der Waals surface area contributed by atoms with E-state index < -0.39 is 0 Å². The van der Waals surface area contributed by atoms with Crippen LogP contribution in [0.25, 0.3) is 0 Å². The second-order valence-electron chi connectivity index (χ2n) is 7.67. The largest absolute Gasteiger partial charge is 0.350 e. The fraction of sp³-hybridized carbons (Fsp3) is 0.632. The van der Waals surface area contributed by atoms with Crippen LogP contribution in [0.5, 0.6) is 0 Å². The first-order valence-corrected chi connectivity index (χ1v) is 9.53. The molecule has 0 aliphatic carbocycles. The van der Waals surface area contributed by atoms with Gasteiger partial charge in [0, 0.05) is 51.0 Å². The highest BCUT2D eigenvalue weighted by Gasteiger charge is 2.18. The van der Waals surface area contributed by atoms with Crippen molar-refractivity contribution in [2.24, 2.45) is 5.92 Å². The molecule has 0 aromatic carbocycles. The summed E-state index contributed by atoms with van der Waals surface area (Å²) >= 11 is 0. The topological polar surface area (TPSA) is 68.0 Å². The molecule has 0 fully saturated rings. The first-order valence-electron chi connectivity index (χ1n) is 9.53. The number of rotatable bonds is 7. The standard InChI is InChI=1S/C19H30N6O/c1-15(2)12-23-6-4-7-25-18(13-23)10-17(22-25)11-21-19(26)9-16(3)24-8-5-20-14-24/h5,8,10,14-16H,4,6-7,9,11-13H2,1-3H3,(H,21,26)/t16-/m0/s1. The Labute approximate surface area is 155 Å². The molecule has 0 saturated carbocycles. The molecule has 7 heteroatoms. The molecule has 7 nitrogen and oxygen atoms in total. The van der Waals surface area contributed by atoms with Gasteiger partial charge in [-0.3, -0.25) is 14.4 Å². The van der Waals surface area contributed by atoms with E-state index in [1.54, 1.807) is 12.5 Å². The Hall–Kier alpha value is -2.15. The molecule has 2 aromatic heterocycles. The van der Waals surface area contributed by atoms with Crippen molar-refractivity contribution in [3.63, 3.8) is 0 Å². The number of hydrogen-bond donors (Lipinski definition) is 1. The Kier molecular flexibility index (Phi) is 6.08. The molecule has 0 saturated heterocycles. The van der Waals surface area contributed by atoms with E-state index in [2.05, 4.69) is 44.9 Å². The number of fused-ring (bicyclic) bond motifs is 1. The first-order chi connectivity index (χ1) is 12.5. The van der Waals surface area contributed by atoms with E-state index in [0.717, 1.165) is 38.3 Å². The van der Waals surface area contributed by atoms with Crippen molar-refractivity contribution in [1.29, 1.82) is 0 Å². The number of aromatic nitrogens is 4. The van der Waals surface area contributed by atoms with Crippen LogP contribution in [0, 0.1) is 5.92 Å². The molecule has 3 heterocycles. The third kappa shape index (κ3) is 4.94. The second-order valence-corrected chi connectivity index (χ2v) is 7.67. The van der Waals surface area contributed by atoms with E-state index in [0.29, 0.717) is 18.9 Å². The van der Waals surface area contributed by atoms with Gasteiger partial charge in [0.15, 0.2) is 0 Å². The van der Waals surface area contributed by atoms with Crippen LogP contribution < -0.4 is 5.32 Å². The zero-order valence-corrected chi connectivity index (χ0v) is 16.1. The van der Waals surface area contributed by atoms with Gasteiger partial charge in [0.25, 0.3) is 0 Å². The Morgan fingerprint density at radius 3 is 2.88 bits per heavy atom. The fourth-order valence-electron chi connectivity index (χ4n) is 3.51. The summed E-state index contributed by atoms with van der Waals surface area (Å²) in [6, 6.07) is 2.24. The van der Waals surface area contributed by atoms with Gasteiger partial charge in [-0.05, 0) is 25.3 Å². The Balaban J connectivity index is 1.52. The molecule has 0 radical (unpaired) electrons. The fourth-order valence-corrected chi connectivity index (χ4v) is 3.51. The lowest BCUT2D eigenvalue weighted by Crippen LogP contribution is -2.27. The zero-order chi connectivity index (χ0) is 18.5. The molecular formula is C19H30N6O. The Morgan fingerprint density at radius 2 is 2.15 bits per heavy atom. The van der Waals surface area contributed by atoms with Gasteiger partial charge in [0.2, 0.25) is 5.91 Å². The number of imidazole rings is 1. The van der Waals surface area contributed by atoms with Crippen LogP contribution in [0.3, 0.4) is 0 Å². The maximum absolute atomic E-state index is 12.2. The van der Waals surface area contributed by atoms with Crippen molar-refractivity contribution < 1.29 is 4.79 Å². The van der Waals surface area contributed by atoms with E-state index in [4.69, 9.17) is 0 Å². The van der Waals surface area contributed by atoms with Gasteiger partial charge >= 0.3 is 0 Å². The molecule has 3 rings (SSSR count). The lowest BCUT2D eigenvalue weighted by Gasteiger charge is -2.21. The quantitative estimate of drug-likeness (QED) is 0.824. The summed E-state index contributed by atoms with van der Waals surface area (Å²) < 4.78 is 4.05. The molecule has 0 unspecified atom stereocenters. The SMILES string of the molecule is CC(C)CN1CCCn2nc(CNC(=O)C[C@H](C)n3ccnc3)cc2C1. The number of carbonyl (C=O) groups is 1. The number of hydrogen-bond acceptors (Lipinski definition) is 4. The van der Waals surface area contributed by atoms with Crippen LogP contribution in [0.1, 0.15) is 51.0 Å². The highest BCUT2D eigenvalue weighted by Crippen LogP contribution is 2.15. The molecule has 26 heavy (non-hydrogen) atoms. The monoisotopic (exact) mass is 358 g/mol. The molecule has 1 aliphatic heterocycles. The third-order valence-electron chi connectivity index (χ3n) is 4.75. The van der Waals surface area contributed by atoms with E-state index in [9.17, 15) is 4.79 Å². The number of nitrogens with one attached hydrogen (secondary N) is 1. The lowest BCUT2D eigenvalue weighted by molar-refractivity contribution is -0.121. The average molecular weight is 358 g/mol. The molecular weight excluding hydrogens is 328 g/mol. The van der Waals surface area contributed by atoms with Crippen LogP contribution in [-0.2, 0) is 24.4 Å². The summed E-state index contributed by atoms with van der Waals surface area (Å²) in [5.74, 6) is 0.705. The Morgan fingerprint density at radius 1 is 1.31 bits per heavy atom. The number of aryl methyl sites for hydroxylation is 1. The number of amides is 1. The molecule has 1 aliphatic rings. The normalized spacial score (nSPS) is 16.3. The minimum absolute atomic E-state index is 0.0378. The van der Waals surface area contributed by atoms with Crippen molar-refractivity contribution in [3.8, 4) is 0 Å². The van der Waals surface area contributed by atoms with Crippen LogP contribution in [-0.4, -0.2) is 43.2 Å². The number of carbonyl (C=O) groups excluding carboxylic acids is 1. The average Bonchev–Trinajstić information content (AvgIpc) is 3.20. The molecule has 0 spiro atoms. The van der Waals surface area contributed by atoms with Gasteiger partial charge in [-0.25, -0.2) is 4.98 Å².